The van der Waals surface area contributed by atoms with E-state index in [4.69, 9.17) is 9.47 Å². The number of esters is 1. The zero-order chi connectivity index (χ0) is 11.6. The van der Waals surface area contributed by atoms with E-state index >= 15 is 0 Å². The van der Waals surface area contributed by atoms with Gasteiger partial charge in [-0.05, 0) is 25.5 Å². The molecule has 1 aliphatic rings. The average Bonchev–Trinajstić information content (AvgIpc) is 2.99. The second-order valence-electron chi connectivity index (χ2n) is 4.27. The number of hydrogen-bond acceptors (Lipinski definition) is 3. The van der Waals surface area contributed by atoms with Gasteiger partial charge in [-0.25, -0.2) is 4.79 Å². The molecule has 1 heterocycles. The summed E-state index contributed by atoms with van der Waals surface area (Å²) in [7, 11) is 0. The van der Waals surface area contributed by atoms with Crippen molar-refractivity contribution < 1.29 is 14.3 Å². The van der Waals surface area contributed by atoms with Crippen LogP contribution >= 0.6 is 0 Å². The van der Waals surface area contributed by atoms with Gasteiger partial charge in [0, 0.05) is 0 Å². The third-order valence-electron chi connectivity index (χ3n) is 2.91. The molecule has 1 aromatic carbocycles. The molecule has 0 aliphatic carbocycles. The van der Waals surface area contributed by atoms with Gasteiger partial charge in [0.1, 0.15) is 12.2 Å². The van der Waals surface area contributed by atoms with Gasteiger partial charge >= 0.3 is 5.97 Å². The number of epoxide rings is 1. The predicted molar refractivity (Wildman–Crippen MR) is 60.3 cm³/mol. The summed E-state index contributed by atoms with van der Waals surface area (Å²) in [5, 5.41) is 0. The van der Waals surface area contributed by atoms with Gasteiger partial charge in [0.25, 0.3) is 0 Å². The van der Waals surface area contributed by atoms with E-state index in [2.05, 4.69) is 6.92 Å². The molecule has 3 heteroatoms. The van der Waals surface area contributed by atoms with Crippen LogP contribution in [-0.2, 0) is 9.47 Å². The van der Waals surface area contributed by atoms with Crippen molar-refractivity contribution in [2.24, 2.45) is 0 Å². The highest BCUT2D eigenvalue weighted by atomic mass is 16.6. The molecule has 86 valence electrons. The standard InChI is InChI=1S/C13H16O3/c1-3-11-13(2,16-11)9-15-12(14)10-7-5-4-6-8-10/h4-8,11H,3,9H2,1-2H3. The number of ether oxygens (including phenoxy) is 2. The van der Waals surface area contributed by atoms with Crippen molar-refractivity contribution in [1.82, 2.24) is 0 Å². The molecule has 0 N–H and O–H groups in total. The highest BCUT2D eigenvalue weighted by molar-refractivity contribution is 5.89. The maximum atomic E-state index is 11.6. The molecular formula is C13H16O3. The first-order valence-electron chi connectivity index (χ1n) is 5.56. The molecule has 1 saturated heterocycles. The van der Waals surface area contributed by atoms with Gasteiger partial charge in [0.2, 0.25) is 0 Å². The molecule has 0 spiro atoms. The monoisotopic (exact) mass is 220 g/mol. The fraction of sp³-hybridized carbons (Fsp3) is 0.462. The summed E-state index contributed by atoms with van der Waals surface area (Å²) in [6.45, 7) is 4.37. The smallest absolute Gasteiger partial charge is 0.338 e. The maximum Gasteiger partial charge on any atom is 0.338 e. The molecule has 1 aliphatic heterocycles. The number of carbonyl (C=O) groups is 1. The number of hydrogen-bond donors (Lipinski definition) is 0. The lowest BCUT2D eigenvalue weighted by Crippen LogP contribution is -2.21. The summed E-state index contributed by atoms with van der Waals surface area (Å²) in [4.78, 5) is 11.6. The SMILES string of the molecule is CCC1OC1(C)COC(=O)c1ccccc1. The summed E-state index contributed by atoms with van der Waals surface area (Å²) in [5.41, 5.74) is 0.318. The molecule has 2 atom stereocenters. The summed E-state index contributed by atoms with van der Waals surface area (Å²) in [6.07, 6.45) is 1.19. The van der Waals surface area contributed by atoms with E-state index < -0.39 is 0 Å². The van der Waals surface area contributed by atoms with Crippen LogP contribution in [0.4, 0.5) is 0 Å². The van der Waals surface area contributed by atoms with Gasteiger partial charge in [-0.2, -0.15) is 0 Å². The minimum absolute atomic E-state index is 0.232. The highest BCUT2D eigenvalue weighted by Gasteiger charge is 2.51. The Bertz CT molecular complexity index is 374. The molecule has 3 nitrogen and oxygen atoms in total. The van der Waals surface area contributed by atoms with Crippen molar-refractivity contribution in [1.29, 1.82) is 0 Å². The predicted octanol–water partition coefficient (Wildman–Crippen LogP) is 2.41. The zero-order valence-corrected chi connectivity index (χ0v) is 9.60. The Kier molecular flexibility index (Phi) is 2.97. The fourth-order valence-corrected chi connectivity index (χ4v) is 1.80. The second kappa shape index (κ2) is 4.26. The van der Waals surface area contributed by atoms with Crippen molar-refractivity contribution in [3.8, 4) is 0 Å². The highest BCUT2D eigenvalue weighted by Crippen LogP contribution is 2.38. The summed E-state index contributed by atoms with van der Waals surface area (Å²) in [5.74, 6) is -0.285. The molecule has 1 aromatic rings. The van der Waals surface area contributed by atoms with E-state index in [9.17, 15) is 4.79 Å². The maximum absolute atomic E-state index is 11.6. The lowest BCUT2D eigenvalue weighted by atomic mass is 10.1. The second-order valence-corrected chi connectivity index (χ2v) is 4.27. The lowest BCUT2D eigenvalue weighted by Gasteiger charge is -2.07. The molecule has 0 radical (unpaired) electrons. The Morgan fingerprint density at radius 2 is 2.12 bits per heavy atom. The Balaban J connectivity index is 1.86. The Labute approximate surface area is 95.4 Å². The van der Waals surface area contributed by atoms with Gasteiger partial charge in [0.05, 0.1) is 11.7 Å². The summed E-state index contributed by atoms with van der Waals surface area (Å²) < 4.78 is 10.7. The molecule has 2 rings (SSSR count). The van der Waals surface area contributed by atoms with Crippen molar-refractivity contribution in [3.05, 3.63) is 35.9 Å². The van der Waals surface area contributed by atoms with Crippen LogP contribution in [0, 0.1) is 0 Å². The van der Waals surface area contributed by atoms with E-state index in [1.807, 2.05) is 25.1 Å². The lowest BCUT2D eigenvalue weighted by molar-refractivity contribution is 0.0411. The first kappa shape index (κ1) is 11.1. The largest absolute Gasteiger partial charge is 0.459 e. The van der Waals surface area contributed by atoms with Crippen LogP contribution in [0.3, 0.4) is 0 Å². The third kappa shape index (κ3) is 2.25. The normalized spacial score (nSPS) is 27.5. The van der Waals surface area contributed by atoms with E-state index in [1.54, 1.807) is 12.1 Å². The van der Waals surface area contributed by atoms with Gasteiger partial charge in [-0.3, -0.25) is 0 Å². The zero-order valence-electron chi connectivity index (χ0n) is 9.60. The fourth-order valence-electron chi connectivity index (χ4n) is 1.80. The van der Waals surface area contributed by atoms with E-state index in [-0.39, 0.29) is 17.7 Å². The molecule has 1 fully saturated rings. The van der Waals surface area contributed by atoms with Crippen molar-refractivity contribution in [2.75, 3.05) is 6.61 Å². The van der Waals surface area contributed by atoms with Crippen LogP contribution in [0.15, 0.2) is 30.3 Å². The van der Waals surface area contributed by atoms with Crippen LogP contribution in [0.5, 0.6) is 0 Å². The van der Waals surface area contributed by atoms with Crippen LogP contribution in [0.25, 0.3) is 0 Å². The van der Waals surface area contributed by atoms with E-state index in [0.717, 1.165) is 6.42 Å². The summed E-state index contributed by atoms with van der Waals surface area (Å²) in [6, 6.07) is 9.00. The van der Waals surface area contributed by atoms with Crippen molar-refractivity contribution in [2.45, 2.75) is 32.0 Å². The minimum atomic E-state index is -0.285. The van der Waals surface area contributed by atoms with Crippen LogP contribution in [-0.4, -0.2) is 24.3 Å². The molecule has 0 aromatic heterocycles. The number of carbonyl (C=O) groups excluding carboxylic acids is 1. The van der Waals surface area contributed by atoms with Gasteiger partial charge in [0.15, 0.2) is 0 Å². The number of rotatable bonds is 4. The van der Waals surface area contributed by atoms with Gasteiger partial charge < -0.3 is 9.47 Å². The quantitative estimate of drug-likeness (QED) is 0.577. The van der Waals surface area contributed by atoms with Crippen molar-refractivity contribution >= 4 is 5.97 Å². The van der Waals surface area contributed by atoms with Crippen LogP contribution in [0.1, 0.15) is 30.6 Å². The topological polar surface area (TPSA) is 38.8 Å². The molecule has 2 unspecified atom stereocenters. The van der Waals surface area contributed by atoms with Crippen LogP contribution in [0.2, 0.25) is 0 Å². The Morgan fingerprint density at radius 3 is 2.69 bits per heavy atom. The third-order valence-corrected chi connectivity index (χ3v) is 2.91. The van der Waals surface area contributed by atoms with E-state index in [1.165, 1.54) is 0 Å². The van der Waals surface area contributed by atoms with E-state index in [0.29, 0.717) is 12.2 Å². The first-order valence-corrected chi connectivity index (χ1v) is 5.56. The minimum Gasteiger partial charge on any atom is -0.459 e. The number of benzene rings is 1. The molecular weight excluding hydrogens is 204 g/mol. The summed E-state index contributed by atoms with van der Waals surface area (Å²) >= 11 is 0. The molecule has 0 saturated carbocycles. The van der Waals surface area contributed by atoms with Gasteiger partial charge in [-0.15, -0.1) is 0 Å². The first-order chi connectivity index (χ1) is 7.65. The van der Waals surface area contributed by atoms with Crippen molar-refractivity contribution in [3.63, 3.8) is 0 Å². The van der Waals surface area contributed by atoms with Crippen LogP contribution < -0.4 is 0 Å². The average molecular weight is 220 g/mol. The Hall–Kier alpha value is -1.35. The molecule has 16 heavy (non-hydrogen) atoms. The molecule has 0 amide bonds. The van der Waals surface area contributed by atoms with Gasteiger partial charge in [-0.1, -0.05) is 25.1 Å². The Morgan fingerprint density at radius 1 is 1.44 bits per heavy atom. The molecule has 0 bridgehead atoms.